The zero-order chi connectivity index (χ0) is 28.8. The van der Waals surface area contributed by atoms with Crippen molar-refractivity contribution in [2.75, 3.05) is 59.3 Å². The summed E-state index contributed by atoms with van der Waals surface area (Å²) in [6, 6.07) is 25.9. The minimum atomic E-state index is -0.0986. The number of hydrogen-bond donors (Lipinski definition) is 2. The molecule has 2 fully saturated rings. The Balaban J connectivity index is 1.35. The minimum Gasteiger partial charge on any atom is -0.497 e. The largest absolute Gasteiger partial charge is 0.497 e. The maximum atomic E-state index is 13.6. The van der Waals surface area contributed by atoms with Crippen LogP contribution >= 0.6 is 0 Å². The maximum Gasteiger partial charge on any atom is 0.321 e. The standard InChI is InChI=1S/C34H40N4O3/c1-36(2)21-27-19-20-38-31(23-37(22-27)34(40)35-29-15-17-30(41-3)18-16-29)33(32(38)24-39)28-13-11-26(12-14-28)10-9-25-7-5-4-6-8-25/h4-8,11-18,27,31-33,39H,19-24H2,1-3H3,(H,35,40)/t27?,31-,32+,33+/m0/s1. The molecule has 0 bridgehead atoms. The number of rotatable bonds is 6. The summed E-state index contributed by atoms with van der Waals surface area (Å²) in [5.41, 5.74) is 3.86. The Hall–Kier alpha value is -3.83. The van der Waals surface area contributed by atoms with Gasteiger partial charge in [0.2, 0.25) is 0 Å². The Bertz CT molecular complexity index is 1350. The summed E-state index contributed by atoms with van der Waals surface area (Å²) < 4.78 is 5.26. The van der Waals surface area contributed by atoms with Gasteiger partial charge in [-0.1, -0.05) is 42.2 Å². The molecule has 3 aromatic rings. The van der Waals surface area contributed by atoms with Crippen molar-refractivity contribution in [1.82, 2.24) is 14.7 Å². The highest BCUT2D eigenvalue weighted by molar-refractivity contribution is 5.89. The van der Waals surface area contributed by atoms with Gasteiger partial charge in [0.05, 0.1) is 13.7 Å². The molecule has 2 N–H and O–H groups in total. The topological polar surface area (TPSA) is 68.3 Å². The number of carbonyl (C=O) groups is 1. The van der Waals surface area contributed by atoms with Gasteiger partial charge < -0.3 is 25.0 Å². The molecule has 3 aromatic carbocycles. The number of nitrogens with zero attached hydrogens (tertiary/aromatic N) is 3. The zero-order valence-electron chi connectivity index (χ0n) is 24.2. The van der Waals surface area contributed by atoms with Crippen LogP contribution in [0, 0.1) is 17.8 Å². The first kappa shape index (κ1) is 28.7. The lowest BCUT2D eigenvalue weighted by molar-refractivity contribution is -0.0649. The van der Waals surface area contributed by atoms with Crippen LogP contribution in [0.1, 0.15) is 29.0 Å². The number of urea groups is 1. The Morgan fingerprint density at radius 3 is 2.29 bits per heavy atom. The molecule has 1 unspecified atom stereocenters. The van der Waals surface area contributed by atoms with Crippen molar-refractivity contribution in [2.24, 2.45) is 5.92 Å². The highest BCUT2D eigenvalue weighted by Gasteiger charge is 2.50. The van der Waals surface area contributed by atoms with Gasteiger partial charge in [0.25, 0.3) is 0 Å². The van der Waals surface area contributed by atoms with Crippen molar-refractivity contribution < 1.29 is 14.6 Å². The van der Waals surface area contributed by atoms with Crippen molar-refractivity contribution in [1.29, 1.82) is 0 Å². The van der Waals surface area contributed by atoms with Crippen LogP contribution in [0.4, 0.5) is 10.5 Å². The quantitative estimate of drug-likeness (QED) is 0.446. The molecular weight excluding hydrogens is 512 g/mol. The first-order chi connectivity index (χ1) is 19.9. The van der Waals surface area contributed by atoms with E-state index in [4.69, 9.17) is 4.74 Å². The first-order valence-corrected chi connectivity index (χ1v) is 14.3. The van der Waals surface area contributed by atoms with Crippen LogP contribution in [0.15, 0.2) is 78.9 Å². The summed E-state index contributed by atoms with van der Waals surface area (Å²) in [5, 5.41) is 13.5. The molecule has 4 atom stereocenters. The van der Waals surface area contributed by atoms with Crippen molar-refractivity contribution in [3.05, 3.63) is 95.6 Å². The van der Waals surface area contributed by atoms with E-state index in [1.54, 1.807) is 7.11 Å². The SMILES string of the molecule is COc1ccc(NC(=O)N2CC(CN(C)C)CCN3[C@H](CO)[C@H](c4ccc(C#Cc5ccccc5)cc4)[C@@H]3C2)cc1. The third-order valence-electron chi connectivity index (χ3n) is 8.22. The Morgan fingerprint density at radius 1 is 0.976 bits per heavy atom. The van der Waals surface area contributed by atoms with E-state index in [0.29, 0.717) is 19.0 Å². The van der Waals surface area contributed by atoms with Crippen LogP contribution < -0.4 is 10.1 Å². The third kappa shape index (κ3) is 6.91. The molecule has 2 aliphatic rings. The van der Waals surface area contributed by atoms with Crippen LogP contribution in [0.2, 0.25) is 0 Å². The summed E-state index contributed by atoms with van der Waals surface area (Å²) >= 11 is 0. The number of anilines is 1. The average molecular weight is 553 g/mol. The molecule has 0 aliphatic carbocycles. The summed E-state index contributed by atoms with van der Waals surface area (Å²) in [7, 11) is 5.78. The molecule has 2 amide bonds. The molecule has 7 heteroatoms. The van der Waals surface area contributed by atoms with E-state index in [1.165, 1.54) is 5.56 Å². The summed E-state index contributed by atoms with van der Waals surface area (Å²) in [5.74, 6) is 7.70. The molecule has 2 saturated heterocycles. The average Bonchev–Trinajstić information content (AvgIpc) is 2.97. The van der Waals surface area contributed by atoms with E-state index in [1.807, 2.05) is 59.5 Å². The summed E-state index contributed by atoms with van der Waals surface area (Å²) in [4.78, 5) is 20.2. The van der Waals surface area contributed by atoms with Crippen molar-refractivity contribution >= 4 is 11.7 Å². The monoisotopic (exact) mass is 552 g/mol. The summed E-state index contributed by atoms with van der Waals surface area (Å²) in [6.07, 6.45) is 0.970. The van der Waals surface area contributed by atoms with Gasteiger partial charge in [-0.2, -0.15) is 0 Å². The number of aliphatic hydroxyl groups excluding tert-OH is 1. The third-order valence-corrected chi connectivity index (χ3v) is 8.22. The number of benzene rings is 3. The zero-order valence-corrected chi connectivity index (χ0v) is 24.2. The van der Waals surface area contributed by atoms with Crippen LogP contribution in [-0.4, -0.2) is 91.9 Å². The van der Waals surface area contributed by atoms with Gasteiger partial charge in [-0.3, -0.25) is 4.90 Å². The Morgan fingerprint density at radius 2 is 1.66 bits per heavy atom. The van der Waals surface area contributed by atoms with Crippen molar-refractivity contribution in [3.63, 3.8) is 0 Å². The van der Waals surface area contributed by atoms with E-state index in [0.717, 1.165) is 42.1 Å². The predicted molar refractivity (Wildman–Crippen MR) is 163 cm³/mol. The van der Waals surface area contributed by atoms with E-state index in [-0.39, 0.29) is 30.6 Å². The molecule has 5 rings (SSSR count). The van der Waals surface area contributed by atoms with Crippen LogP contribution in [-0.2, 0) is 0 Å². The lowest BCUT2D eigenvalue weighted by Gasteiger charge is -2.57. The van der Waals surface area contributed by atoms with E-state index < -0.39 is 0 Å². The lowest BCUT2D eigenvalue weighted by atomic mass is 9.74. The first-order valence-electron chi connectivity index (χ1n) is 14.3. The number of hydrogen-bond acceptors (Lipinski definition) is 5. The normalized spacial score (nSPS) is 22.4. The maximum absolute atomic E-state index is 13.6. The molecule has 214 valence electrons. The number of amides is 2. The van der Waals surface area contributed by atoms with Gasteiger partial charge in [-0.05, 0) is 87.1 Å². The summed E-state index contributed by atoms with van der Waals surface area (Å²) in [6.45, 7) is 3.20. The van der Waals surface area contributed by atoms with Gasteiger partial charge in [0.15, 0.2) is 0 Å². The highest BCUT2D eigenvalue weighted by atomic mass is 16.5. The minimum absolute atomic E-state index is 0.0332. The number of aliphatic hydroxyl groups is 1. The number of methoxy groups -OCH3 is 1. The molecule has 0 radical (unpaired) electrons. The Kier molecular flexibility index (Phi) is 9.25. The second-order valence-electron chi connectivity index (χ2n) is 11.3. The molecule has 41 heavy (non-hydrogen) atoms. The van der Waals surface area contributed by atoms with E-state index >= 15 is 0 Å². The molecule has 7 nitrogen and oxygen atoms in total. The van der Waals surface area contributed by atoms with Crippen molar-refractivity contribution in [2.45, 2.75) is 24.4 Å². The molecule has 0 spiro atoms. The number of fused-ring (bicyclic) bond motifs is 1. The predicted octanol–water partition coefficient (Wildman–Crippen LogP) is 4.34. The van der Waals surface area contributed by atoms with Crippen molar-refractivity contribution in [3.8, 4) is 17.6 Å². The van der Waals surface area contributed by atoms with E-state index in [2.05, 4.69) is 65.3 Å². The Labute approximate surface area is 243 Å². The van der Waals surface area contributed by atoms with Gasteiger partial charge in [0, 0.05) is 54.5 Å². The molecular formula is C34H40N4O3. The lowest BCUT2D eigenvalue weighted by Crippen LogP contribution is -2.68. The van der Waals surface area contributed by atoms with Crippen LogP contribution in [0.3, 0.4) is 0 Å². The van der Waals surface area contributed by atoms with Crippen LogP contribution in [0.25, 0.3) is 0 Å². The smallest absolute Gasteiger partial charge is 0.321 e. The molecule has 2 heterocycles. The number of nitrogens with one attached hydrogen (secondary N) is 1. The van der Waals surface area contributed by atoms with E-state index in [9.17, 15) is 9.90 Å². The second kappa shape index (κ2) is 13.2. The fourth-order valence-corrected chi connectivity index (χ4v) is 6.22. The number of ether oxygens (including phenoxy) is 1. The highest BCUT2D eigenvalue weighted by Crippen LogP contribution is 2.42. The van der Waals surface area contributed by atoms with Gasteiger partial charge in [-0.15, -0.1) is 0 Å². The molecule has 0 saturated carbocycles. The molecule has 2 aliphatic heterocycles. The fraction of sp³-hybridized carbons (Fsp3) is 0.382. The molecule has 0 aromatic heterocycles. The number of carbonyl (C=O) groups excluding carboxylic acids is 1. The van der Waals surface area contributed by atoms with Gasteiger partial charge in [-0.25, -0.2) is 4.79 Å². The van der Waals surface area contributed by atoms with Gasteiger partial charge in [0.1, 0.15) is 5.75 Å². The fourth-order valence-electron chi connectivity index (χ4n) is 6.22. The second-order valence-corrected chi connectivity index (χ2v) is 11.3. The van der Waals surface area contributed by atoms with Crippen LogP contribution in [0.5, 0.6) is 5.75 Å². The van der Waals surface area contributed by atoms with Gasteiger partial charge >= 0.3 is 6.03 Å².